The minimum atomic E-state index is -0.344. The van der Waals surface area contributed by atoms with Crippen LogP contribution in [0.1, 0.15) is 19.4 Å². The van der Waals surface area contributed by atoms with E-state index in [0.29, 0.717) is 10.1 Å². The highest BCUT2D eigenvalue weighted by Crippen LogP contribution is 2.30. The third-order valence-corrected chi connectivity index (χ3v) is 5.35. The zero-order valence-corrected chi connectivity index (χ0v) is 17.4. The number of benzene rings is 2. The summed E-state index contributed by atoms with van der Waals surface area (Å²) in [4.78, 5) is 19.1. The largest absolute Gasteiger partial charge is 0.497 e. The number of amides is 1. The molecule has 0 radical (unpaired) electrons. The maximum atomic E-state index is 13.2. The topological polar surface area (TPSA) is 66.2 Å². The van der Waals surface area contributed by atoms with E-state index in [1.807, 2.05) is 38.1 Å². The summed E-state index contributed by atoms with van der Waals surface area (Å²) in [5.74, 6) is 0.371. The first-order valence-electron chi connectivity index (χ1n) is 8.62. The van der Waals surface area contributed by atoms with Gasteiger partial charge >= 0.3 is 0 Å². The molecule has 0 N–H and O–H groups in total. The quantitative estimate of drug-likeness (QED) is 0.368. The summed E-state index contributed by atoms with van der Waals surface area (Å²) in [6, 6.07) is 14.7. The van der Waals surface area contributed by atoms with Crippen LogP contribution >= 0.6 is 24.0 Å². The number of thiazole rings is 1. The minimum absolute atomic E-state index is 0.0677. The van der Waals surface area contributed by atoms with Crippen molar-refractivity contribution in [3.05, 3.63) is 53.6 Å². The van der Waals surface area contributed by atoms with E-state index in [4.69, 9.17) is 4.74 Å². The molecular weight excluding hydrogens is 390 g/mol. The Bertz CT molecular complexity index is 1080. The molecule has 3 aromatic rings. The van der Waals surface area contributed by atoms with E-state index in [1.165, 1.54) is 11.3 Å². The van der Waals surface area contributed by atoms with Crippen LogP contribution in [-0.4, -0.2) is 24.0 Å². The summed E-state index contributed by atoms with van der Waals surface area (Å²) >= 11 is 5.74. The van der Waals surface area contributed by atoms with Crippen LogP contribution in [0.15, 0.2) is 52.4 Å². The molecule has 0 saturated heterocycles. The fraction of sp³-hybridized carbons (Fsp3) is 0.190. The lowest BCUT2D eigenvalue weighted by atomic mass is 10.1. The van der Waals surface area contributed by atoms with Crippen molar-refractivity contribution in [2.24, 2.45) is 0 Å². The molecule has 0 bridgehead atoms. The van der Waals surface area contributed by atoms with Crippen molar-refractivity contribution >= 4 is 51.9 Å². The number of carbonyl (C=O) groups is 1. The average Bonchev–Trinajstić information content (AvgIpc) is 3.05. The zero-order chi connectivity index (χ0) is 20.3. The monoisotopic (exact) mass is 409 g/mol. The molecule has 0 saturated carbocycles. The van der Waals surface area contributed by atoms with Crippen molar-refractivity contribution in [3.63, 3.8) is 0 Å². The van der Waals surface area contributed by atoms with Gasteiger partial charge in [-0.2, -0.15) is 5.26 Å². The minimum Gasteiger partial charge on any atom is -0.497 e. The third-order valence-electron chi connectivity index (χ3n) is 4.15. The van der Waals surface area contributed by atoms with Gasteiger partial charge in [-0.25, -0.2) is 4.98 Å². The van der Waals surface area contributed by atoms with Crippen molar-refractivity contribution < 1.29 is 9.53 Å². The van der Waals surface area contributed by atoms with Crippen LogP contribution in [-0.2, 0) is 4.79 Å². The summed E-state index contributed by atoms with van der Waals surface area (Å²) in [5, 5.41) is 9.60. The number of anilines is 1. The second kappa shape index (κ2) is 8.46. The van der Waals surface area contributed by atoms with Crippen molar-refractivity contribution in [1.29, 1.82) is 5.26 Å². The Morgan fingerprint density at radius 1 is 1.29 bits per heavy atom. The molecule has 0 aliphatic carbocycles. The van der Waals surface area contributed by atoms with Gasteiger partial charge in [-0.05, 0) is 55.8 Å². The van der Waals surface area contributed by atoms with Crippen LogP contribution in [0.4, 0.5) is 5.69 Å². The van der Waals surface area contributed by atoms with Crippen LogP contribution in [0.5, 0.6) is 5.75 Å². The molecular formula is C21H19N3O2S2. The third kappa shape index (κ3) is 4.19. The van der Waals surface area contributed by atoms with Crippen molar-refractivity contribution in [2.45, 2.75) is 24.2 Å². The molecule has 0 aliphatic heterocycles. The van der Waals surface area contributed by atoms with Crippen LogP contribution in [0.3, 0.4) is 0 Å². The van der Waals surface area contributed by atoms with Crippen molar-refractivity contribution in [3.8, 4) is 11.8 Å². The number of aromatic nitrogens is 1. The van der Waals surface area contributed by atoms with E-state index in [0.717, 1.165) is 21.5 Å². The van der Waals surface area contributed by atoms with Gasteiger partial charge in [0, 0.05) is 11.7 Å². The summed E-state index contributed by atoms with van der Waals surface area (Å²) in [5.41, 5.74) is 2.38. The van der Waals surface area contributed by atoms with Gasteiger partial charge in [0.15, 0.2) is 0 Å². The maximum Gasteiger partial charge on any atom is 0.269 e. The smallest absolute Gasteiger partial charge is 0.269 e. The molecule has 142 valence electrons. The summed E-state index contributed by atoms with van der Waals surface area (Å²) in [6.45, 7) is 3.84. The summed E-state index contributed by atoms with van der Waals surface area (Å²) in [7, 11) is 1.59. The second-order valence-corrected chi connectivity index (χ2v) is 8.12. The highest BCUT2D eigenvalue weighted by Gasteiger charge is 2.23. The fourth-order valence-corrected chi connectivity index (χ4v) is 3.98. The van der Waals surface area contributed by atoms with E-state index in [-0.39, 0.29) is 17.5 Å². The molecule has 0 aliphatic rings. The first kappa shape index (κ1) is 19.9. The van der Waals surface area contributed by atoms with E-state index in [9.17, 15) is 10.1 Å². The Balaban J connectivity index is 1.97. The molecule has 2 aromatic carbocycles. The van der Waals surface area contributed by atoms with E-state index >= 15 is 0 Å². The number of ether oxygens (including phenoxy) is 1. The molecule has 5 nitrogen and oxygen atoms in total. The normalized spacial score (nSPS) is 11.5. The summed E-state index contributed by atoms with van der Waals surface area (Å²) < 4.78 is 6.76. The fourth-order valence-electron chi connectivity index (χ4n) is 2.84. The zero-order valence-electron chi connectivity index (χ0n) is 15.7. The van der Waals surface area contributed by atoms with Crippen LogP contribution in [0.25, 0.3) is 16.3 Å². The summed E-state index contributed by atoms with van der Waals surface area (Å²) in [6.07, 6.45) is 1.59. The average molecular weight is 410 g/mol. The Kier molecular flexibility index (Phi) is 6.02. The molecule has 7 heteroatoms. The van der Waals surface area contributed by atoms with Crippen LogP contribution in [0, 0.1) is 11.3 Å². The first-order chi connectivity index (χ1) is 13.4. The lowest BCUT2D eigenvalue weighted by Crippen LogP contribution is -2.37. The van der Waals surface area contributed by atoms with Crippen molar-refractivity contribution in [2.75, 3.05) is 12.0 Å². The van der Waals surface area contributed by atoms with E-state index in [1.54, 1.807) is 42.4 Å². The number of fused-ring (bicyclic) bond motifs is 1. The van der Waals surface area contributed by atoms with Crippen molar-refractivity contribution in [1.82, 2.24) is 4.98 Å². The lowest BCUT2D eigenvalue weighted by molar-refractivity contribution is -0.115. The number of hydrogen-bond acceptors (Lipinski definition) is 6. The van der Waals surface area contributed by atoms with E-state index < -0.39 is 0 Å². The molecule has 0 spiro atoms. The van der Waals surface area contributed by atoms with E-state index in [2.05, 4.69) is 17.6 Å². The number of nitrogens with zero attached hydrogens (tertiary/aromatic N) is 3. The standard InChI is InChI=1S/C21H19N3O2S2/c1-13(2)24(16-6-9-18-19(11-16)28-21(27)23-18)20(25)15(12-22)10-14-4-7-17(26-3)8-5-14/h4-11,13H,1-3H3,(H,23,27)/b15-10-. The van der Waals surface area contributed by atoms with Gasteiger partial charge < -0.3 is 9.64 Å². The Hall–Kier alpha value is -2.82. The second-order valence-electron chi connectivity index (χ2n) is 6.36. The van der Waals surface area contributed by atoms with Gasteiger partial charge in [0.2, 0.25) is 0 Å². The van der Waals surface area contributed by atoms with Gasteiger partial charge in [0.1, 0.15) is 21.7 Å². The molecule has 1 amide bonds. The van der Waals surface area contributed by atoms with Gasteiger partial charge in [-0.15, -0.1) is 24.0 Å². The molecule has 0 fully saturated rings. The molecule has 1 aromatic heterocycles. The Labute approximate surface area is 173 Å². The SMILES string of the molecule is COc1ccc(/C=C(/C#N)C(=O)N(c2ccc3nc(S)sc3c2)C(C)C)cc1. The Morgan fingerprint density at radius 2 is 2.00 bits per heavy atom. The van der Waals surface area contributed by atoms with Gasteiger partial charge in [-0.1, -0.05) is 12.1 Å². The Morgan fingerprint density at radius 3 is 2.61 bits per heavy atom. The lowest BCUT2D eigenvalue weighted by Gasteiger charge is -2.26. The van der Waals surface area contributed by atoms with Crippen LogP contribution < -0.4 is 9.64 Å². The molecule has 0 unspecified atom stereocenters. The van der Waals surface area contributed by atoms with Gasteiger partial charge in [-0.3, -0.25) is 4.79 Å². The molecule has 28 heavy (non-hydrogen) atoms. The molecule has 0 atom stereocenters. The number of rotatable bonds is 5. The highest BCUT2D eigenvalue weighted by molar-refractivity contribution is 7.82. The van der Waals surface area contributed by atoms with Gasteiger partial charge in [0.25, 0.3) is 5.91 Å². The number of thiol groups is 1. The number of nitriles is 1. The first-order valence-corrected chi connectivity index (χ1v) is 9.88. The maximum absolute atomic E-state index is 13.2. The molecule has 3 rings (SSSR count). The number of methoxy groups -OCH3 is 1. The van der Waals surface area contributed by atoms with Gasteiger partial charge in [0.05, 0.1) is 17.3 Å². The highest BCUT2D eigenvalue weighted by atomic mass is 32.2. The predicted octanol–water partition coefficient (Wildman–Crippen LogP) is 4.94. The molecule has 1 heterocycles. The number of hydrogen-bond donors (Lipinski definition) is 1. The van der Waals surface area contributed by atoms with Crippen LogP contribution in [0.2, 0.25) is 0 Å². The predicted molar refractivity (Wildman–Crippen MR) is 116 cm³/mol. The number of carbonyl (C=O) groups excluding carboxylic acids is 1.